The largest absolute Gasteiger partial charge is 0.465 e. The number of ether oxygens (including phenoxy) is 2. The number of rotatable bonds is 7. The summed E-state index contributed by atoms with van der Waals surface area (Å²) in [5.74, 6) is -1.11. The number of benzene rings is 1. The standard InChI is InChI=1S/C15H21NO4/c1-4-5-6-10-16-12-9-7-8-11(14(17)19-2)13(12)15(18)20-3/h7-9,16H,4-6,10H2,1-3H3. The lowest BCUT2D eigenvalue weighted by atomic mass is 10.0. The highest BCUT2D eigenvalue weighted by atomic mass is 16.5. The molecule has 0 heterocycles. The van der Waals surface area contributed by atoms with Gasteiger partial charge in [0.05, 0.1) is 25.3 Å². The fourth-order valence-corrected chi connectivity index (χ4v) is 1.90. The number of carbonyl (C=O) groups is 2. The summed E-state index contributed by atoms with van der Waals surface area (Å²) < 4.78 is 9.45. The highest BCUT2D eigenvalue weighted by Gasteiger charge is 2.21. The summed E-state index contributed by atoms with van der Waals surface area (Å²) in [6.45, 7) is 2.86. The average Bonchev–Trinajstić information content (AvgIpc) is 2.49. The Balaban J connectivity index is 3.03. The molecule has 0 spiro atoms. The molecule has 1 aromatic rings. The number of methoxy groups -OCH3 is 2. The summed E-state index contributed by atoms with van der Waals surface area (Å²) in [7, 11) is 2.57. The van der Waals surface area contributed by atoms with E-state index in [1.165, 1.54) is 14.2 Å². The number of hydrogen-bond acceptors (Lipinski definition) is 5. The molecule has 1 N–H and O–H groups in total. The van der Waals surface area contributed by atoms with E-state index in [2.05, 4.69) is 12.2 Å². The van der Waals surface area contributed by atoms with E-state index in [1.807, 2.05) is 0 Å². The van der Waals surface area contributed by atoms with E-state index in [4.69, 9.17) is 9.47 Å². The zero-order valence-electron chi connectivity index (χ0n) is 12.2. The summed E-state index contributed by atoms with van der Waals surface area (Å²) in [5.41, 5.74) is 1.02. The Kier molecular flexibility index (Phi) is 6.56. The van der Waals surface area contributed by atoms with E-state index >= 15 is 0 Å². The SMILES string of the molecule is CCCCCNc1cccc(C(=O)OC)c1C(=O)OC. The number of unbranched alkanes of at least 4 members (excludes halogenated alkanes) is 2. The first-order chi connectivity index (χ1) is 9.65. The number of anilines is 1. The van der Waals surface area contributed by atoms with Gasteiger partial charge in [0.2, 0.25) is 0 Å². The summed E-state index contributed by atoms with van der Waals surface area (Å²) in [4.78, 5) is 23.6. The van der Waals surface area contributed by atoms with Gasteiger partial charge in [-0.25, -0.2) is 9.59 Å². The van der Waals surface area contributed by atoms with E-state index in [9.17, 15) is 9.59 Å². The third-order valence-electron chi connectivity index (χ3n) is 2.96. The highest BCUT2D eigenvalue weighted by molar-refractivity contribution is 6.07. The quantitative estimate of drug-likeness (QED) is 0.614. The Labute approximate surface area is 119 Å². The molecule has 0 radical (unpaired) electrons. The monoisotopic (exact) mass is 279 g/mol. The third kappa shape index (κ3) is 3.98. The predicted molar refractivity (Wildman–Crippen MR) is 77.1 cm³/mol. The molecule has 0 saturated heterocycles. The van der Waals surface area contributed by atoms with Gasteiger partial charge in [-0.15, -0.1) is 0 Å². The van der Waals surface area contributed by atoms with E-state index < -0.39 is 11.9 Å². The molecule has 1 aromatic carbocycles. The van der Waals surface area contributed by atoms with Crippen molar-refractivity contribution < 1.29 is 19.1 Å². The number of hydrogen-bond donors (Lipinski definition) is 1. The minimum atomic E-state index is -0.553. The van der Waals surface area contributed by atoms with E-state index in [0.29, 0.717) is 5.69 Å². The van der Waals surface area contributed by atoms with Crippen LogP contribution in [0.3, 0.4) is 0 Å². The molecule has 0 bridgehead atoms. The minimum Gasteiger partial charge on any atom is -0.465 e. The van der Waals surface area contributed by atoms with Crippen molar-refractivity contribution in [1.82, 2.24) is 0 Å². The van der Waals surface area contributed by atoms with Crippen LogP contribution < -0.4 is 5.32 Å². The maximum absolute atomic E-state index is 11.9. The van der Waals surface area contributed by atoms with Crippen molar-refractivity contribution in [2.24, 2.45) is 0 Å². The second kappa shape index (κ2) is 8.19. The van der Waals surface area contributed by atoms with Crippen molar-refractivity contribution in [1.29, 1.82) is 0 Å². The van der Waals surface area contributed by atoms with Crippen molar-refractivity contribution in [2.75, 3.05) is 26.1 Å². The molecule has 5 heteroatoms. The summed E-state index contributed by atoms with van der Waals surface area (Å²) >= 11 is 0. The normalized spacial score (nSPS) is 9.95. The summed E-state index contributed by atoms with van der Waals surface area (Å²) in [6.07, 6.45) is 3.23. The van der Waals surface area contributed by atoms with Crippen LogP contribution in [-0.2, 0) is 9.47 Å². The Morgan fingerprint density at radius 2 is 1.80 bits per heavy atom. The first kappa shape index (κ1) is 16.0. The van der Waals surface area contributed by atoms with Crippen LogP contribution >= 0.6 is 0 Å². The molecule has 5 nitrogen and oxygen atoms in total. The van der Waals surface area contributed by atoms with Gasteiger partial charge in [0.25, 0.3) is 0 Å². The van der Waals surface area contributed by atoms with Crippen molar-refractivity contribution in [3.63, 3.8) is 0 Å². The Morgan fingerprint density at radius 3 is 2.40 bits per heavy atom. The second-order valence-corrected chi connectivity index (χ2v) is 4.35. The summed E-state index contributed by atoms with van der Waals surface area (Å²) in [6, 6.07) is 5.01. The highest BCUT2D eigenvalue weighted by Crippen LogP contribution is 2.22. The van der Waals surface area contributed by atoms with Crippen LogP contribution in [0.4, 0.5) is 5.69 Å². The van der Waals surface area contributed by atoms with Gasteiger partial charge in [-0.2, -0.15) is 0 Å². The van der Waals surface area contributed by atoms with Crippen molar-refractivity contribution >= 4 is 17.6 Å². The Bertz CT molecular complexity index is 471. The first-order valence-electron chi connectivity index (χ1n) is 6.69. The van der Waals surface area contributed by atoms with Gasteiger partial charge in [0.15, 0.2) is 0 Å². The maximum atomic E-state index is 11.9. The van der Waals surface area contributed by atoms with Crippen LogP contribution in [0.25, 0.3) is 0 Å². The molecule has 0 saturated carbocycles. The van der Waals surface area contributed by atoms with Gasteiger partial charge in [-0.05, 0) is 18.6 Å². The molecule has 1 rings (SSSR count). The summed E-state index contributed by atoms with van der Waals surface area (Å²) in [5, 5.41) is 3.17. The minimum absolute atomic E-state index is 0.208. The van der Waals surface area contributed by atoms with Crippen LogP contribution in [0.5, 0.6) is 0 Å². The van der Waals surface area contributed by atoms with Gasteiger partial charge in [-0.3, -0.25) is 0 Å². The molecule has 0 fully saturated rings. The van der Waals surface area contributed by atoms with Gasteiger partial charge in [0.1, 0.15) is 0 Å². The molecule has 0 atom stereocenters. The number of carbonyl (C=O) groups excluding carboxylic acids is 2. The van der Waals surface area contributed by atoms with Gasteiger partial charge >= 0.3 is 11.9 Å². The predicted octanol–water partition coefficient (Wildman–Crippen LogP) is 2.86. The van der Waals surface area contributed by atoms with Crippen molar-refractivity contribution in [2.45, 2.75) is 26.2 Å². The molecule has 20 heavy (non-hydrogen) atoms. The third-order valence-corrected chi connectivity index (χ3v) is 2.96. The zero-order chi connectivity index (χ0) is 15.0. The van der Waals surface area contributed by atoms with Gasteiger partial charge in [-0.1, -0.05) is 25.8 Å². The zero-order valence-corrected chi connectivity index (χ0v) is 12.2. The number of esters is 2. The molecule has 0 amide bonds. The van der Waals surface area contributed by atoms with Crippen LogP contribution in [0.2, 0.25) is 0 Å². The molecule has 0 aliphatic rings. The fraction of sp³-hybridized carbons (Fsp3) is 0.467. The Morgan fingerprint density at radius 1 is 1.10 bits per heavy atom. The van der Waals surface area contributed by atoms with Gasteiger partial charge < -0.3 is 14.8 Å². The van der Waals surface area contributed by atoms with E-state index in [0.717, 1.165) is 25.8 Å². The topological polar surface area (TPSA) is 64.6 Å². The van der Waals surface area contributed by atoms with E-state index in [1.54, 1.807) is 18.2 Å². The lowest BCUT2D eigenvalue weighted by Gasteiger charge is -2.13. The first-order valence-corrected chi connectivity index (χ1v) is 6.69. The fourth-order valence-electron chi connectivity index (χ4n) is 1.90. The van der Waals surface area contributed by atoms with Crippen LogP contribution in [0.15, 0.2) is 18.2 Å². The molecule has 0 aliphatic carbocycles. The average molecular weight is 279 g/mol. The van der Waals surface area contributed by atoms with Crippen LogP contribution in [0.1, 0.15) is 46.9 Å². The molecule has 110 valence electrons. The van der Waals surface area contributed by atoms with E-state index in [-0.39, 0.29) is 11.1 Å². The number of nitrogens with one attached hydrogen (secondary N) is 1. The maximum Gasteiger partial charge on any atom is 0.340 e. The van der Waals surface area contributed by atoms with Crippen molar-refractivity contribution in [3.05, 3.63) is 29.3 Å². The second-order valence-electron chi connectivity index (χ2n) is 4.35. The lowest BCUT2D eigenvalue weighted by Crippen LogP contribution is -2.15. The molecule has 0 aromatic heterocycles. The van der Waals surface area contributed by atoms with Crippen molar-refractivity contribution in [3.8, 4) is 0 Å². The molecular formula is C15H21NO4. The lowest BCUT2D eigenvalue weighted by molar-refractivity contribution is 0.0556. The molecule has 0 unspecified atom stereocenters. The Hall–Kier alpha value is -2.04. The van der Waals surface area contributed by atoms with Gasteiger partial charge in [0, 0.05) is 12.2 Å². The molecule has 0 aliphatic heterocycles. The molecular weight excluding hydrogens is 258 g/mol. The van der Waals surface area contributed by atoms with Crippen LogP contribution in [0, 0.1) is 0 Å². The smallest absolute Gasteiger partial charge is 0.340 e. The van der Waals surface area contributed by atoms with Crippen LogP contribution in [-0.4, -0.2) is 32.7 Å².